The minimum absolute atomic E-state index is 0.0647. The summed E-state index contributed by atoms with van der Waals surface area (Å²) in [5.74, 6) is -1.75. The average molecular weight is 385 g/mol. The molecule has 6 nitrogen and oxygen atoms in total. The number of nitrogens with one attached hydrogen (secondary N) is 2. The van der Waals surface area contributed by atoms with Gasteiger partial charge in [-0.15, -0.1) is 0 Å². The number of pyridine rings is 2. The van der Waals surface area contributed by atoms with E-state index in [2.05, 4.69) is 20.6 Å². The summed E-state index contributed by atoms with van der Waals surface area (Å²) < 4.78 is 13.5. The molecule has 0 aromatic carbocycles. The Morgan fingerprint density at radius 2 is 1.92 bits per heavy atom. The molecule has 25 heavy (non-hydrogen) atoms. The second kappa shape index (κ2) is 7.76. The number of urea groups is 1. The molecule has 0 aliphatic heterocycles. The van der Waals surface area contributed by atoms with E-state index in [4.69, 9.17) is 23.2 Å². The number of rotatable bonds is 3. The van der Waals surface area contributed by atoms with E-state index in [1.807, 2.05) is 13.8 Å². The lowest BCUT2D eigenvalue weighted by Crippen LogP contribution is -2.35. The molecule has 0 radical (unpaired) electrons. The molecule has 2 aromatic heterocycles. The molecule has 0 unspecified atom stereocenters. The summed E-state index contributed by atoms with van der Waals surface area (Å²) >= 11 is 11.2. The Hall–Kier alpha value is -2.25. The Balaban J connectivity index is 2.19. The summed E-state index contributed by atoms with van der Waals surface area (Å²) in [4.78, 5) is 32.0. The largest absolute Gasteiger partial charge is 0.326 e. The predicted molar refractivity (Wildman–Crippen MR) is 93.8 cm³/mol. The Morgan fingerprint density at radius 1 is 1.24 bits per heavy atom. The lowest BCUT2D eigenvalue weighted by Gasteiger charge is -2.15. The van der Waals surface area contributed by atoms with Crippen LogP contribution in [0, 0.1) is 12.7 Å². The van der Waals surface area contributed by atoms with E-state index in [0.717, 1.165) is 11.6 Å². The SMILES string of the molecule is Cc1ccnc(C(C)C)c1NC(=O)NC(=O)c1cc(F)c(Cl)nc1Cl. The van der Waals surface area contributed by atoms with E-state index in [-0.39, 0.29) is 16.6 Å². The highest BCUT2D eigenvalue weighted by molar-refractivity contribution is 6.35. The number of anilines is 1. The van der Waals surface area contributed by atoms with Gasteiger partial charge in [0.2, 0.25) is 0 Å². The van der Waals surface area contributed by atoms with Crippen molar-refractivity contribution < 1.29 is 14.0 Å². The molecule has 9 heteroatoms. The first-order valence-electron chi connectivity index (χ1n) is 7.30. The van der Waals surface area contributed by atoms with Crippen molar-refractivity contribution in [3.63, 3.8) is 0 Å². The van der Waals surface area contributed by atoms with Gasteiger partial charge in [-0.3, -0.25) is 15.1 Å². The third-order valence-corrected chi connectivity index (χ3v) is 3.89. The van der Waals surface area contributed by atoms with Gasteiger partial charge >= 0.3 is 6.03 Å². The number of aromatic nitrogens is 2. The van der Waals surface area contributed by atoms with Gasteiger partial charge in [-0.2, -0.15) is 0 Å². The Kier molecular flexibility index (Phi) is 5.92. The second-order valence-corrected chi connectivity index (χ2v) is 6.27. The Bertz CT molecular complexity index is 843. The third-order valence-electron chi connectivity index (χ3n) is 3.33. The maximum absolute atomic E-state index is 13.5. The molecule has 2 aromatic rings. The van der Waals surface area contributed by atoms with Gasteiger partial charge in [-0.05, 0) is 30.5 Å². The summed E-state index contributed by atoms with van der Waals surface area (Å²) in [5, 5.41) is 3.90. The quantitative estimate of drug-likeness (QED) is 0.771. The van der Waals surface area contributed by atoms with E-state index < -0.39 is 22.9 Å². The normalized spacial score (nSPS) is 10.7. The number of hydrogen-bond donors (Lipinski definition) is 2. The number of nitrogens with zero attached hydrogens (tertiary/aromatic N) is 2. The highest BCUT2D eigenvalue weighted by Crippen LogP contribution is 2.25. The van der Waals surface area contributed by atoms with Crippen molar-refractivity contribution in [2.75, 3.05) is 5.32 Å². The molecule has 0 saturated heterocycles. The minimum Gasteiger partial charge on any atom is -0.306 e. The molecule has 2 rings (SSSR count). The molecular weight excluding hydrogens is 370 g/mol. The topological polar surface area (TPSA) is 84.0 Å². The zero-order chi connectivity index (χ0) is 18.7. The first-order chi connectivity index (χ1) is 11.7. The molecule has 3 amide bonds. The molecule has 0 spiro atoms. The van der Waals surface area contributed by atoms with Crippen LogP contribution in [0.1, 0.15) is 41.4 Å². The van der Waals surface area contributed by atoms with Gasteiger partial charge in [0, 0.05) is 6.20 Å². The first kappa shape index (κ1) is 19.1. The highest BCUT2D eigenvalue weighted by atomic mass is 35.5. The summed E-state index contributed by atoms with van der Waals surface area (Å²) in [7, 11) is 0. The lowest BCUT2D eigenvalue weighted by atomic mass is 10.1. The molecule has 2 N–H and O–H groups in total. The van der Waals surface area contributed by atoms with Crippen LogP contribution in [-0.4, -0.2) is 21.9 Å². The zero-order valence-electron chi connectivity index (χ0n) is 13.7. The van der Waals surface area contributed by atoms with Crippen molar-refractivity contribution in [3.8, 4) is 0 Å². The van der Waals surface area contributed by atoms with Crippen molar-refractivity contribution >= 4 is 40.8 Å². The van der Waals surface area contributed by atoms with Crippen LogP contribution in [0.4, 0.5) is 14.9 Å². The zero-order valence-corrected chi connectivity index (χ0v) is 15.2. The van der Waals surface area contributed by atoms with Gasteiger partial charge in [-0.1, -0.05) is 37.0 Å². The Morgan fingerprint density at radius 3 is 2.56 bits per heavy atom. The number of halogens is 3. The summed E-state index contributed by atoms with van der Waals surface area (Å²) in [6, 6.07) is 1.75. The van der Waals surface area contributed by atoms with Crippen molar-refractivity contribution in [1.29, 1.82) is 0 Å². The standard InChI is InChI=1S/C16H15Cl2FN4O2/c1-7(2)11-12(8(3)4-5-20-11)21-16(25)23-15(24)9-6-10(19)14(18)22-13(9)17/h4-7H,1-3H3,(H2,21,23,24,25). The minimum atomic E-state index is -0.915. The van der Waals surface area contributed by atoms with Crippen LogP contribution >= 0.6 is 23.2 Å². The molecular formula is C16H15Cl2FN4O2. The van der Waals surface area contributed by atoms with Crippen LogP contribution in [-0.2, 0) is 0 Å². The van der Waals surface area contributed by atoms with E-state index in [0.29, 0.717) is 11.4 Å². The molecule has 0 saturated carbocycles. The number of carbonyl (C=O) groups is 2. The van der Waals surface area contributed by atoms with E-state index in [9.17, 15) is 14.0 Å². The first-order valence-corrected chi connectivity index (χ1v) is 8.05. The van der Waals surface area contributed by atoms with Crippen LogP contribution < -0.4 is 10.6 Å². The van der Waals surface area contributed by atoms with Crippen LogP contribution in [0.3, 0.4) is 0 Å². The Labute approximate surface area is 153 Å². The van der Waals surface area contributed by atoms with Crippen LogP contribution in [0.25, 0.3) is 0 Å². The van der Waals surface area contributed by atoms with Crippen molar-refractivity contribution in [2.45, 2.75) is 26.7 Å². The molecule has 132 valence electrons. The van der Waals surface area contributed by atoms with Gasteiger partial charge in [0.25, 0.3) is 5.91 Å². The molecule has 0 bridgehead atoms. The van der Waals surface area contributed by atoms with Crippen molar-refractivity contribution in [2.24, 2.45) is 0 Å². The molecule has 0 aliphatic rings. The van der Waals surface area contributed by atoms with Gasteiger partial charge in [-0.25, -0.2) is 14.2 Å². The van der Waals surface area contributed by atoms with E-state index in [1.54, 1.807) is 19.2 Å². The fourth-order valence-electron chi connectivity index (χ4n) is 2.10. The summed E-state index contributed by atoms with van der Waals surface area (Å²) in [6.45, 7) is 5.66. The smallest absolute Gasteiger partial charge is 0.306 e. The summed E-state index contributed by atoms with van der Waals surface area (Å²) in [5.41, 5.74) is 1.68. The number of hydrogen-bond acceptors (Lipinski definition) is 4. The fourth-order valence-corrected chi connectivity index (χ4v) is 2.51. The summed E-state index contributed by atoms with van der Waals surface area (Å²) in [6.07, 6.45) is 1.64. The van der Waals surface area contributed by atoms with E-state index in [1.165, 1.54) is 0 Å². The maximum atomic E-state index is 13.5. The predicted octanol–water partition coefficient (Wildman–Crippen LogP) is 4.32. The third kappa shape index (κ3) is 4.43. The molecule has 0 fully saturated rings. The monoisotopic (exact) mass is 384 g/mol. The van der Waals surface area contributed by atoms with E-state index >= 15 is 0 Å². The molecule has 2 heterocycles. The number of aryl methyl sites for hydroxylation is 1. The van der Waals surface area contributed by atoms with Crippen LogP contribution in [0.5, 0.6) is 0 Å². The van der Waals surface area contributed by atoms with Crippen LogP contribution in [0.15, 0.2) is 18.3 Å². The van der Waals surface area contributed by atoms with Crippen molar-refractivity contribution in [1.82, 2.24) is 15.3 Å². The van der Waals surface area contributed by atoms with Gasteiger partial charge in [0.05, 0.1) is 16.9 Å². The van der Waals surface area contributed by atoms with Gasteiger partial charge in [0.15, 0.2) is 11.0 Å². The number of amides is 3. The molecule has 0 atom stereocenters. The maximum Gasteiger partial charge on any atom is 0.326 e. The number of imide groups is 1. The lowest BCUT2D eigenvalue weighted by molar-refractivity contribution is 0.0966. The molecule has 0 aliphatic carbocycles. The number of carbonyl (C=O) groups excluding carboxylic acids is 2. The van der Waals surface area contributed by atoms with Gasteiger partial charge in [0.1, 0.15) is 5.15 Å². The average Bonchev–Trinajstić information content (AvgIpc) is 2.52. The van der Waals surface area contributed by atoms with Crippen molar-refractivity contribution in [3.05, 3.63) is 51.3 Å². The fraction of sp³-hybridized carbons (Fsp3) is 0.250. The second-order valence-electron chi connectivity index (χ2n) is 5.55. The highest BCUT2D eigenvalue weighted by Gasteiger charge is 2.19. The van der Waals surface area contributed by atoms with Gasteiger partial charge < -0.3 is 5.32 Å². The van der Waals surface area contributed by atoms with Crippen LogP contribution in [0.2, 0.25) is 10.3 Å².